The first kappa shape index (κ1) is 21.4. The lowest BCUT2D eigenvalue weighted by molar-refractivity contribution is -0.117. The molecule has 1 aliphatic rings. The van der Waals surface area contributed by atoms with Gasteiger partial charge < -0.3 is 14.8 Å². The van der Waals surface area contributed by atoms with Crippen LogP contribution in [0.5, 0.6) is 11.5 Å². The summed E-state index contributed by atoms with van der Waals surface area (Å²) in [7, 11) is 1.52. The second kappa shape index (κ2) is 9.47. The summed E-state index contributed by atoms with van der Waals surface area (Å²) in [5, 5.41) is 3.11. The number of rotatable bonds is 5. The standard InChI is InChI=1S/C20H16BrClN2O4S/c1-11(25)23-20-24-19(26)17(29-20)9-13-7-15(22)18(16(8-13)27-2)28-10-12-3-5-14(21)6-4-12/h3-9H,10H2,1-2H3,(H,23,24,25,26). The molecule has 1 heterocycles. The second-order valence-corrected chi connectivity index (χ2v) is 8.32. The molecule has 150 valence electrons. The van der Waals surface area contributed by atoms with Crippen molar-refractivity contribution in [1.29, 1.82) is 0 Å². The molecule has 0 bridgehead atoms. The number of carbonyl (C=O) groups excluding carboxylic acids is 2. The zero-order valence-corrected chi connectivity index (χ0v) is 18.7. The van der Waals surface area contributed by atoms with Gasteiger partial charge in [-0.1, -0.05) is 39.7 Å². The second-order valence-electron chi connectivity index (χ2n) is 5.96. The number of nitrogens with zero attached hydrogens (tertiary/aromatic N) is 1. The van der Waals surface area contributed by atoms with E-state index in [1.807, 2.05) is 24.3 Å². The van der Waals surface area contributed by atoms with E-state index in [0.29, 0.717) is 33.6 Å². The van der Waals surface area contributed by atoms with Crippen molar-refractivity contribution in [2.75, 3.05) is 7.11 Å². The van der Waals surface area contributed by atoms with Crippen LogP contribution < -0.4 is 14.8 Å². The Bertz CT molecular complexity index is 1020. The predicted molar refractivity (Wildman–Crippen MR) is 118 cm³/mol. The van der Waals surface area contributed by atoms with Crippen molar-refractivity contribution in [2.24, 2.45) is 4.99 Å². The number of methoxy groups -OCH3 is 1. The van der Waals surface area contributed by atoms with E-state index < -0.39 is 5.91 Å². The predicted octanol–water partition coefficient (Wildman–Crippen LogP) is 4.80. The van der Waals surface area contributed by atoms with Crippen LogP contribution in [0.25, 0.3) is 6.08 Å². The Morgan fingerprint density at radius 2 is 2.03 bits per heavy atom. The molecule has 0 spiro atoms. The summed E-state index contributed by atoms with van der Waals surface area (Å²) < 4.78 is 12.3. The van der Waals surface area contributed by atoms with E-state index in [9.17, 15) is 9.59 Å². The fourth-order valence-electron chi connectivity index (χ4n) is 2.46. The van der Waals surface area contributed by atoms with Gasteiger partial charge in [-0.3, -0.25) is 9.59 Å². The van der Waals surface area contributed by atoms with E-state index in [1.54, 1.807) is 18.2 Å². The molecule has 2 amide bonds. The molecule has 6 nitrogen and oxygen atoms in total. The highest BCUT2D eigenvalue weighted by Crippen LogP contribution is 2.38. The Kier molecular flexibility index (Phi) is 7.00. The van der Waals surface area contributed by atoms with Gasteiger partial charge in [-0.15, -0.1) is 0 Å². The third-order valence-corrected chi connectivity index (χ3v) is 5.46. The number of thioether (sulfide) groups is 1. The molecule has 2 aromatic rings. The lowest BCUT2D eigenvalue weighted by Crippen LogP contribution is -2.23. The Hall–Kier alpha value is -2.29. The first-order chi connectivity index (χ1) is 13.9. The van der Waals surface area contributed by atoms with E-state index in [2.05, 4.69) is 26.2 Å². The van der Waals surface area contributed by atoms with Gasteiger partial charge in [-0.25, -0.2) is 0 Å². The first-order valence-electron chi connectivity index (χ1n) is 8.40. The quantitative estimate of drug-likeness (QED) is 0.603. The minimum atomic E-state index is -0.426. The number of hydrogen-bond acceptors (Lipinski definition) is 5. The molecule has 0 aliphatic carbocycles. The van der Waals surface area contributed by atoms with Gasteiger partial charge in [0.1, 0.15) is 6.61 Å². The van der Waals surface area contributed by atoms with Crippen LogP contribution in [0.3, 0.4) is 0 Å². The van der Waals surface area contributed by atoms with Crippen LogP contribution >= 0.6 is 39.3 Å². The summed E-state index contributed by atoms with van der Waals surface area (Å²) in [4.78, 5) is 27.3. The van der Waals surface area contributed by atoms with Gasteiger partial charge in [0.05, 0.1) is 17.0 Å². The van der Waals surface area contributed by atoms with Crippen LogP contribution in [0.2, 0.25) is 5.02 Å². The Balaban J connectivity index is 1.79. The number of amides is 2. The molecule has 9 heteroatoms. The zero-order valence-electron chi connectivity index (χ0n) is 15.5. The van der Waals surface area contributed by atoms with Gasteiger partial charge in [-0.2, -0.15) is 4.99 Å². The number of aliphatic imine (C=N–C) groups is 1. The number of nitrogens with one attached hydrogen (secondary N) is 1. The summed E-state index contributed by atoms with van der Waals surface area (Å²) in [5.74, 6) is 0.145. The smallest absolute Gasteiger partial charge is 0.286 e. The van der Waals surface area contributed by atoms with Gasteiger partial charge in [0.2, 0.25) is 5.91 Å². The number of benzene rings is 2. The van der Waals surface area contributed by atoms with E-state index in [1.165, 1.54) is 14.0 Å². The molecule has 0 saturated heterocycles. The highest BCUT2D eigenvalue weighted by molar-refractivity contribution is 9.10. The maximum absolute atomic E-state index is 12.0. The molecule has 0 fully saturated rings. The molecular formula is C20H16BrClN2O4S. The SMILES string of the molecule is COc1cc(C=C2SC(NC(C)=O)=NC2=O)cc(Cl)c1OCc1ccc(Br)cc1. The van der Waals surface area contributed by atoms with E-state index >= 15 is 0 Å². The van der Waals surface area contributed by atoms with Crippen molar-refractivity contribution in [1.82, 2.24) is 5.32 Å². The van der Waals surface area contributed by atoms with Crippen LogP contribution in [0.15, 0.2) is 50.8 Å². The fourth-order valence-corrected chi connectivity index (χ4v) is 3.86. The summed E-state index contributed by atoms with van der Waals surface area (Å²) in [6, 6.07) is 11.1. The van der Waals surface area contributed by atoms with E-state index in [-0.39, 0.29) is 11.1 Å². The van der Waals surface area contributed by atoms with Crippen LogP contribution in [-0.2, 0) is 16.2 Å². The van der Waals surface area contributed by atoms with Gasteiger partial charge in [0.15, 0.2) is 16.7 Å². The van der Waals surface area contributed by atoms with E-state index in [4.69, 9.17) is 21.1 Å². The highest BCUT2D eigenvalue weighted by Gasteiger charge is 2.23. The first-order valence-corrected chi connectivity index (χ1v) is 10.4. The maximum atomic E-state index is 12.0. The summed E-state index contributed by atoms with van der Waals surface area (Å²) >= 11 is 10.9. The van der Waals surface area contributed by atoms with Crippen molar-refractivity contribution in [3.63, 3.8) is 0 Å². The Morgan fingerprint density at radius 3 is 2.69 bits per heavy atom. The molecule has 0 saturated carbocycles. The number of amidine groups is 1. The molecule has 0 unspecified atom stereocenters. The monoisotopic (exact) mass is 494 g/mol. The lowest BCUT2D eigenvalue weighted by Gasteiger charge is -2.13. The van der Waals surface area contributed by atoms with Crippen LogP contribution in [0.1, 0.15) is 18.1 Å². The van der Waals surface area contributed by atoms with Crippen molar-refractivity contribution in [3.05, 3.63) is 61.9 Å². The number of carbonyl (C=O) groups is 2. The number of ether oxygens (including phenoxy) is 2. The van der Waals surface area contributed by atoms with Crippen molar-refractivity contribution < 1.29 is 19.1 Å². The van der Waals surface area contributed by atoms with Crippen LogP contribution in [0.4, 0.5) is 0 Å². The Labute approximate surface area is 185 Å². The largest absolute Gasteiger partial charge is 0.493 e. The fraction of sp³-hybridized carbons (Fsp3) is 0.150. The maximum Gasteiger partial charge on any atom is 0.286 e. The average Bonchev–Trinajstić information content (AvgIpc) is 2.99. The van der Waals surface area contributed by atoms with Crippen molar-refractivity contribution in [2.45, 2.75) is 13.5 Å². The molecule has 0 atom stereocenters. The number of hydrogen-bond donors (Lipinski definition) is 1. The normalized spacial score (nSPS) is 14.7. The molecule has 3 rings (SSSR count). The zero-order chi connectivity index (χ0) is 21.0. The molecule has 1 aliphatic heterocycles. The topological polar surface area (TPSA) is 77.0 Å². The molecule has 2 aromatic carbocycles. The van der Waals surface area contributed by atoms with Gasteiger partial charge in [0, 0.05) is 11.4 Å². The molecule has 1 N–H and O–H groups in total. The summed E-state index contributed by atoms with van der Waals surface area (Å²) in [6.45, 7) is 1.68. The van der Waals surface area contributed by atoms with Gasteiger partial charge in [0.25, 0.3) is 5.91 Å². The minimum absolute atomic E-state index is 0.251. The third kappa shape index (κ3) is 5.62. The van der Waals surface area contributed by atoms with Gasteiger partial charge >= 0.3 is 0 Å². The Morgan fingerprint density at radius 1 is 1.31 bits per heavy atom. The van der Waals surface area contributed by atoms with Crippen LogP contribution in [-0.4, -0.2) is 24.1 Å². The van der Waals surface area contributed by atoms with Crippen molar-refractivity contribution in [3.8, 4) is 11.5 Å². The third-order valence-electron chi connectivity index (χ3n) is 3.75. The molecule has 0 radical (unpaired) electrons. The minimum Gasteiger partial charge on any atom is -0.493 e. The summed E-state index contributed by atoms with van der Waals surface area (Å²) in [5.41, 5.74) is 1.63. The van der Waals surface area contributed by atoms with Crippen LogP contribution in [0, 0.1) is 0 Å². The van der Waals surface area contributed by atoms with Crippen molar-refractivity contribution >= 4 is 62.4 Å². The van der Waals surface area contributed by atoms with Gasteiger partial charge in [-0.05, 0) is 53.2 Å². The lowest BCUT2D eigenvalue weighted by atomic mass is 10.1. The molecule has 29 heavy (non-hydrogen) atoms. The highest BCUT2D eigenvalue weighted by atomic mass is 79.9. The number of halogens is 2. The van der Waals surface area contributed by atoms with E-state index in [0.717, 1.165) is 21.8 Å². The molecular weight excluding hydrogens is 480 g/mol. The summed E-state index contributed by atoms with van der Waals surface area (Å²) in [6.07, 6.45) is 1.64. The molecule has 0 aromatic heterocycles. The average molecular weight is 496 g/mol.